The Kier molecular flexibility index (Phi) is 9.62. The fourth-order valence-electron chi connectivity index (χ4n) is 2.94. The summed E-state index contributed by atoms with van der Waals surface area (Å²) in [7, 11) is 4.92. The van der Waals surface area contributed by atoms with Gasteiger partial charge in [0.15, 0.2) is 5.96 Å². The van der Waals surface area contributed by atoms with Crippen LogP contribution in [0.25, 0.3) is 0 Å². The maximum absolute atomic E-state index is 11.6. The van der Waals surface area contributed by atoms with Gasteiger partial charge in [0.05, 0.1) is 20.1 Å². The Bertz CT molecular complexity index is 555. The van der Waals surface area contributed by atoms with Crippen molar-refractivity contribution in [3.63, 3.8) is 0 Å². The van der Waals surface area contributed by atoms with Crippen LogP contribution in [0, 0.1) is 5.92 Å². The van der Waals surface area contributed by atoms with E-state index in [0.29, 0.717) is 0 Å². The molecule has 2 rings (SSSR count). The van der Waals surface area contributed by atoms with Crippen molar-refractivity contribution < 1.29 is 14.3 Å². The molecule has 1 aliphatic rings. The number of halogens is 1. The summed E-state index contributed by atoms with van der Waals surface area (Å²) >= 11 is 0. The van der Waals surface area contributed by atoms with Gasteiger partial charge < -0.3 is 19.7 Å². The molecule has 1 aromatic rings. The molecule has 140 valence electrons. The molecule has 0 atom stereocenters. The van der Waals surface area contributed by atoms with Crippen molar-refractivity contribution in [3.05, 3.63) is 29.8 Å². The largest absolute Gasteiger partial charge is 0.497 e. The third-order valence-electron chi connectivity index (χ3n) is 4.40. The second-order valence-electron chi connectivity index (χ2n) is 5.86. The second-order valence-corrected chi connectivity index (χ2v) is 5.86. The molecule has 1 fully saturated rings. The maximum Gasteiger partial charge on any atom is 0.308 e. The zero-order valence-corrected chi connectivity index (χ0v) is 17.5. The molecule has 0 aromatic heterocycles. The molecule has 0 saturated carbocycles. The van der Waals surface area contributed by atoms with Crippen LogP contribution in [0.4, 0.5) is 0 Å². The summed E-state index contributed by atoms with van der Waals surface area (Å²) in [5.74, 6) is 1.68. The number of piperidine rings is 1. The molecule has 1 aliphatic heterocycles. The molecular weight excluding hydrogens is 433 g/mol. The smallest absolute Gasteiger partial charge is 0.308 e. The van der Waals surface area contributed by atoms with Gasteiger partial charge in [-0.2, -0.15) is 0 Å². The third-order valence-corrected chi connectivity index (χ3v) is 4.40. The summed E-state index contributed by atoms with van der Waals surface area (Å²) < 4.78 is 10.00. The minimum atomic E-state index is -0.0999. The average Bonchev–Trinajstić information content (AvgIpc) is 2.65. The van der Waals surface area contributed by atoms with Crippen LogP contribution in [-0.4, -0.2) is 57.7 Å². The molecule has 6 nitrogen and oxygen atoms in total. The lowest BCUT2D eigenvalue weighted by atomic mass is 9.97. The van der Waals surface area contributed by atoms with Gasteiger partial charge in [-0.15, -0.1) is 24.0 Å². The minimum absolute atomic E-state index is 0. The molecule has 1 N–H and O–H groups in total. The van der Waals surface area contributed by atoms with Gasteiger partial charge in [-0.05, 0) is 37.0 Å². The Hall–Kier alpha value is -1.51. The highest BCUT2D eigenvalue weighted by Gasteiger charge is 2.26. The summed E-state index contributed by atoms with van der Waals surface area (Å²) in [4.78, 5) is 18.1. The van der Waals surface area contributed by atoms with Gasteiger partial charge in [-0.25, -0.2) is 0 Å². The van der Waals surface area contributed by atoms with Crippen molar-refractivity contribution in [3.8, 4) is 5.75 Å². The Morgan fingerprint density at radius 2 is 1.88 bits per heavy atom. The van der Waals surface area contributed by atoms with E-state index in [9.17, 15) is 4.79 Å². The zero-order chi connectivity index (χ0) is 17.4. The van der Waals surface area contributed by atoms with Gasteiger partial charge in [0.2, 0.25) is 0 Å². The van der Waals surface area contributed by atoms with E-state index in [2.05, 4.69) is 27.3 Å². The number of nitrogens with zero attached hydrogens (tertiary/aromatic N) is 2. The molecule has 1 heterocycles. The number of ether oxygens (including phenoxy) is 2. The van der Waals surface area contributed by atoms with Gasteiger partial charge in [0.25, 0.3) is 0 Å². The van der Waals surface area contributed by atoms with Crippen LogP contribution in [0.1, 0.15) is 18.4 Å². The first-order valence-corrected chi connectivity index (χ1v) is 8.34. The summed E-state index contributed by atoms with van der Waals surface area (Å²) in [6.45, 7) is 2.46. The number of likely N-dealkylation sites (tertiary alicyclic amines) is 1. The van der Waals surface area contributed by atoms with Crippen molar-refractivity contribution >= 4 is 35.9 Å². The standard InChI is InChI=1S/C18H27N3O3.HI/c1-19-18(21-12-9-15(10-13-21)17(22)24-3)20-11-8-14-4-6-16(23-2)7-5-14;/h4-7,15H,8-13H2,1-3H3,(H,19,20);1H. The van der Waals surface area contributed by atoms with Gasteiger partial charge in [-0.1, -0.05) is 12.1 Å². The lowest BCUT2D eigenvalue weighted by Gasteiger charge is -2.33. The number of esters is 1. The summed E-state index contributed by atoms with van der Waals surface area (Å²) in [6.07, 6.45) is 2.54. The van der Waals surface area contributed by atoms with Gasteiger partial charge in [-0.3, -0.25) is 9.79 Å². The summed E-state index contributed by atoms with van der Waals surface area (Å²) in [6, 6.07) is 8.10. The molecule has 0 bridgehead atoms. The van der Waals surface area contributed by atoms with E-state index in [1.807, 2.05) is 12.1 Å². The van der Waals surface area contributed by atoms with Crippen LogP contribution >= 0.6 is 24.0 Å². The monoisotopic (exact) mass is 461 g/mol. The number of aliphatic imine (C=N–C) groups is 1. The van der Waals surface area contributed by atoms with Crippen LogP contribution in [0.15, 0.2) is 29.3 Å². The number of hydrogen-bond donors (Lipinski definition) is 1. The van der Waals surface area contributed by atoms with Crippen LogP contribution in [-0.2, 0) is 16.0 Å². The van der Waals surface area contributed by atoms with Crippen molar-refractivity contribution in [2.75, 3.05) is 40.9 Å². The van der Waals surface area contributed by atoms with Crippen molar-refractivity contribution in [2.45, 2.75) is 19.3 Å². The number of hydrogen-bond acceptors (Lipinski definition) is 4. The molecule has 25 heavy (non-hydrogen) atoms. The van der Waals surface area contributed by atoms with Gasteiger partial charge in [0.1, 0.15) is 5.75 Å². The molecule has 1 saturated heterocycles. The van der Waals surface area contributed by atoms with E-state index in [0.717, 1.165) is 50.6 Å². The lowest BCUT2D eigenvalue weighted by molar-refractivity contribution is -0.146. The predicted octanol–water partition coefficient (Wildman–Crippen LogP) is 2.32. The average molecular weight is 461 g/mol. The SMILES string of the molecule is CN=C(NCCc1ccc(OC)cc1)N1CCC(C(=O)OC)CC1.I. The molecule has 0 spiro atoms. The van der Waals surface area contributed by atoms with Gasteiger partial charge in [0, 0.05) is 26.7 Å². The topological polar surface area (TPSA) is 63.2 Å². The molecule has 0 amide bonds. The number of guanidine groups is 1. The fraction of sp³-hybridized carbons (Fsp3) is 0.556. The number of methoxy groups -OCH3 is 2. The number of carbonyl (C=O) groups excluding carboxylic acids is 1. The van der Waals surface area contributed by atoms with E-state index in [1.165, 1.54) is 12.7 Å². The van der Waals surface area contributed by atoms with E-state index < -0.39 is 0 Å². The lowest BCUT2D eigenvalue weighted by Crippen LogP contribution is -2.47. The van der Waals surface area contributed by atoms with E-state index in [-0.39, 0.29) is 35.9 Å². The highest BCUT2D eigenvalue weighted by molar-refractivity contribution is 14.0. The van der Waals surface area contributed by atoms with E-state index in [1.54, 1.807) is 14.2 Å². The second kappa shape index (κ2) is 11.2. The number of benzene rings is 1. The van der Waals surface area contributed by atoms with Crippen molar-refractivity contribution in [1.82, 2.24) is 10.2 Å². The first-order valence-electron chi connectivity index (χ1n) is 8.34. The van der Waals surface area contributed by atoms with E-state index in [4.69, 9.17) is 9.47 Å². The number of rotatable bonds is 5. The fourth-order valence-corrected chi connectivity index (χ4v) is 2.94. The molecule has 7 heteroatoms. The van der Waals surface area contributed by atoms with Crippen LogP contribution in [0.3, 0.4) is 0 Å². The van der Waals surface area contributed by atoms with Gasteiger partial charge >= 0.3 is 5.97 Å². The molecule has 0 aliphatic carbocycles. The molecule has 1 aromatic carbocycles. The summed E-state index contributed by atoms with van der Waals surface area (Å²) in [5, 5.41) is 3.40. The maximum atomic E-state index is 11.6. The Morgan fingerprint density at radius 3 is 2.40 bits per heavy atom. The first kappa shape index (κ1) is 21.5. The Labute approximate surface area is 167 Å². The molecule has 0 radical (unpaired) electrons. The third kappa shape index (κ3) is 6.37. The van der Waals surface area contributed by atoms with Crippen molar-refractivity contribution in [2.24, 2.45) is 10.9 Å². The zero-order valence-electron chi connectivity index (χ0n) is 15.2. The van der Waals surface area contributed by atoms with Crippen LogP contribution in [0.2, 0.25) is 0 Å². The Balaban J connectivity index is 0.00000312. The van der Waals surface area contributed by atoms with Crippen LogP contribution < -0.4 is 10.1 Å². The quantitative estimate of drug-likeness (QED) is 0.316. The van der Waals surface area contributed by atoms with E-state index >= 15 is 0 Å². The van der Waals surface area contributed by atoms with Crippen molar-refractivity contribution in [1.29, 1.82) is 0 Å². The number of carbonyl (C=O) groups is 1. The molecular formula is C18H28IN3O3. The molecule has 0 unspecified atom stereocenters. The normalized spacial score (nSPS) is 15.3. The number of nitrogens with one attached hydrogen (secondary N) is 1. The minimum Gasteiger partial charge on any atom is -0.497 e. The highest BCUT2D eigenvalue weighted by Crippen LogP contribution is 2.18. The first-order chi connectivity index (χ1) is 11.7. The summed E-state index contributed by atoms with van der Waals surface area (Å²) in [5.41, 5.74) is 1.25. The Morgan fingerprint density at radius 1 is 1.24 bits per heavy atom. The predicted molar refractivity (Wildman–Crippen MR) is 110 cm³/mol. The van der Waals surface area contributed by atoms with Crippen LogP contribution in [0.5, 0.6) is 5.75 Å². The highest BCUT2D eigenvalue weighted by atomic mass is 127.